The van der Waals surface area contributed by atoms with Crippen LogP contribution in [0, 0.1) is 27.7 Å². The Labute approximate surface area is 271 Å². The first kappa shape index (κ1) is 34.1. The molecule has 0 fully saturated rings. The highest BCUT2D eigenvalue weighted by Crippen LogP contribution is 2.38. The number of aryl methyl sites for hydroxylation is 2. The zero-order valence-corrected chi connectivity index (χ0v) is 29.2. The maximum atomic E-state index is 10.8. The van der Waals surface area contributed by atoms with Gasteiger partial charge in [-0.15, -0.1) is 0 Å². The standard InChI is InChI=1S/C23H30N2O.C16H24N2O/c1-16-13-20(23(3,4)5)22(26)17(2)19(16)14-21-24-11-12-25(21)15-18-9-7-6-8-10-18;1-10-8-13(16(3,4)5)15(19)11(2)12(10)9-14-17-6-7-18-14/h6-10,13,26H,11-12,14-15H2,1-5H3;8,19H,6-7,9H2,1-5H3,(H,17,18). The minimum absolute atomic E-state index is 0.0404. The maximum absolute atomic E-state index is 10.8. The van der Waals surface area contributed by atoms with Crippen LogP contribution in [-0.4, -0.2) is 53.0 Å². The molecule has 0 radical (unpaired) electrons. The van der Waals surface area contributed by atoms with Gasteiger partial charge in [-0.25, -0.2) is 0 Å². The Morgan fingerprint density at radius 3 is 1.76 bits per heavy atom. The number of hydrogen-bond acceptors (Lipinski definition) is 6. The van der Waals surface area contributed by atoms with Crippen LogP contribution in [0.3, 0.4) is 0 Å². The summed E-state index contributed by atoms with van der Waals surface area (Å²) in [6, 6.07) is 14.8. The van der Waals surface area contributed by atoms with E-state index in [9.17, 15) is 10.2 Å². The monoisotopic (exact) mass is 610 g/mol. The molecule has 5 rings (SSSR count). The van der Waals surface area contributed by atoms with Crippen LogP contribution in [0.4, 0.5) is 0 Å². The summed E-state index contributed by atoms with van der Waals surface area (Å²) in [7, 11) is 0. The summed E-state index contributed by atoms with van der Waals surface area (Å²) in [6.07, 6.45) is 1.57. The van der Waals surface area contributed by atoms with E-state index in [1.165, 1.54) is 27.8 Å². The van der Waals surface area contributed by atoms with Gasteiger partial charge in [0.1, 0.15) is 23.2 Å². The highest BCUT2D eigenvalue weighted by molar-refractivity contribution is 5.87. The summed E-state index contributed by atoms with van der Waals surface area (Å²) in [4.78, 5) is 11.6. The highest BCUT2D eigenvalue weighted by Gasteiger charge is 2.25. The predicted octanol–water partition coefficient (Wildman–Crippen LogP) is 7.61. The third-order valence-corrected chi connectivity index (χ3v) is 9.08. The average Bonchev–Trinajstić information content (AvgIpc) is 3.65. The zero-order chi connectivity index (χ0) is 33.1. The van der Waals surface area contributed by atoms with Gasteiger partial charge < -0.3 is 20.4 Å². The number of nitrogens with zero attached hydrogens (tertiary/aromatic N) is 3. The second kappa shape index (κ2) is 13.7. The number of aliphatic imine (C=N–C) groups is 2. The average molecular weight is 611 g/mol. The third-order valence-electron chi connectivity index (χ3n) is 9.08. The molecule has 3 aromatic carbocycles. The molecule has 0 atom stereocenters. The highest BCUT2D eigenvalue weighted by atomic mass is 16.3. The molecule has 6 heteroatoms. The number of phenols is 2. The van der Waals surface area contributed by atoms with Crippen LogP contribution in [0.15, 0.2) is 52.4 Å². The van der Waals surface area contributed by atoms with Crippen LogP contribution in [0.5, 0.6) is 11.5 Å². The predicted molar refractivity (Wildman–Crippen MR) is 189 cm³/mol. The maximum Gasteiger partial charge on any atom is 0.122 e. The molecule has 0 aromatic heterocycles. The molecule has 6 nitrogen and oxygen atoms in total. The lowest BCUT2D eigenvalue weighted by Crippen LogP contribution is -2.29. The molecule has 3 aromatic rings. The first-order valence-corrected chi connectivity index (χ1v) is 16.3. The van der Waals surface area contributed by atoms with E-state index in [-0.39, 0.29) is 10.8 Å². The van der Waals surface area contributed by atoms with Crippen molar-refractivity contribution in [2.45, 2.75) is 99.5 Å². The molecule has 2 aliphatic rings. The lowest BCUT2D eigenvalue weighted by Gasteiger charge is -2.26. The SMILES string of the molecule is Cc1cc(C(C)(C)C)c(O)c(C)c1CC1=NCCN1.Cc1cc(C(C)(C)C)c(O)c(C)c1CC1=NCCN1Cc1ccccc1. The molecular weight excluding hydrogens is 556 g/mol. The Morgan fingerprint density at radius 2 is 1.27 bits per heavy atom. The van der Waals surface area contributed by atoms with Crippen molar-refractivity contribution in [3.63, 3.8) is 0 Å². The number of nitrogens with one attached hydrogen (secondary N) is 1. The fraction of sp³-hybridized carbons (Fsp3) is 0.487. The summed E-state index contributed by atoms with van der Waals surface area (Å²) in [6.45, 7) is 25.6. The van der Waals surface area contributed by atoms with E-state index in [0.29, 0.717) is 11.5 Å². The van der Waals surface area contributed by atoms with E-state index in [1.54, 1.807) is 0 Å². The van der Waals surface area contributed by atoms with Gasteiger partial charge in [-0.05, 0) is 88.6 Å². The molecule has 2 heterocycles. The van der Waals surface area contributed by atoms with Crippen LogP contribution in [-0.2, 0) is 30.2 Å². The van der Waals surface area contributed by atoms with Crippen molar-refractivity contribution in [1.82, 2.24) is 10.2 Å². The first-order chi connectivity index (χ1) is 21.1. The summed E-state index contributed by atoms with van der Waals surface area (Å²) in [5.41, 5.74) is 10.1. The second-order valence-electron chi connectivity index (χ2n) is 14.7. The number of amidine groups is 2. The Bertz CT molecular complexity index is 1570. The third kappa shape index (κ3) is 8.08. The summed E-state index contributed by atoms with van der Waals surface area (Å²) in [5, 5.41) is 24.5. The van der Waals surface area contributed by atoms with Gasteiger partial charge in [-0.2, -0.15) is 0 Å². The number of hydrogen-bond donors (Lipinski definition) is 3. The molecule has 242 valence electrons. The molecule has 3 N–H and O–H groups in total. The van der Waals surface area contributed by atoms with Crippen molar-refractivity contribution >= 4 is 11.7 Å². The number of rotatable bonds is 6. The van der Waals surface area contributed by atoms with Crippen LogP contribution < -0.4 is 5.32 Å². The van der Waals surface area contributed by atoms with E-state index in [2.05, 4.69) is 113 Å². The fourth-order valence-corrected chi connectivity index (χ4v) is 6.27. The van der Waals surface area contributed by atoms with Crippen molar-refractivity contribution in [2.24, 2.45) is 9.98 Å². The summed E-state index contributed by atoms with van der Waals surface area (Å²) >= 11 is 0. The van der Waals surface area contributed by atoms with Crippen LogP contribution >= 0.6 is 0 Å². The molecule has 0 amide bonds. The van der Waals surface area contributed by atoms with Crippen molar-refractivity contribution in [3.8, 4) is 11.5 Å². The van der Waals surface area contributed by atoms with Gasteiger partial charge in [0.2, 0.25) is 0 Å². The molecule has 2 aliphatic heterocycles. The van der Waals surface area contributed by atoms with Gasteiger partial charge in [-0.3, -0.25) is 9.98 Å². The number of benzene rings is 3. The quantitative estimate of drug-likeness (QED) is 0.268. The Kier molecular flexibility index (Phi) is 10.4. The zero-order valence-electron chi connectivity index (χ0n) is 29.2. The van der Waals surface area contributed by atoms with Gasteiger partial charge in [0.25, 0.3) is 0 Å². The second-order valence-corrected chi connectivity index (χ2v) is 14.7. The Morgan fingerprint density at radius 1 is 0.733 bits per heavy atom. The first-order valence-electron chi connectivity index (χ1n) is 16.3. The van der Waals surface area contributed by atoms with E-state index in [1.807, 2.05) is 13.8 Å². The van der Waals surface area contributed by atoms with Crippen molar-refractivity contribution in [2.75, 3.05) is 26.2 Å². The fourth-order valence-electron chi connectivity index (χ4n) is 6.27. The van der Waals surface area contributed by atoms with Crippen LogP contribution in [0.2, 0.25) is 0 Å². The van der Waals surface area contributed by atoms with Gasteiger partial charge >= 0.3 is 0 Å². The molecule has 45 heavy (non-hydrogen) atoms. The molecule has 0 saturated heterocycles. The Balaban J connectivity index is 0.000000215. The summed E-state index contributed by atoms with van der Waals surface area (Å²) in [5.74, 6) is 3.04. The molecular formula is C39H54N4O2. The van der Waals surface area contributed by atoms with E-state index in [4.69, 9.17) is 4.99 Å². The van der Waals surface area contributed by atoms with Gasteiger partial charge in [-0.1, -0.05) is 84.0 Å². The van der Waals surface area contributed by atoms with E-state index < -0.39 is 0 Å². The minimum Gasteiger partial charge on any atom is -0.507 e. The summed E-state index contributed by atoms with van der Waals surface area (Å²) < 4.78 is 0. The number of phenolic OH excluding ortho intramolecular Hbond substituents is 2. The Hall–Kier alpha value is -3.80. The lowest BCUT2D eigenvalue weighted by molar-refractivity contribution is 0.439. The van der Waals surface area contributed by atoms with Crippen molar-refractivity contribution in [3.05, 3.63) is 92.5 Å². The largest absolute Gasteiger partial charge is 0.507 e. The molecule has 0 unspecified atom stereocenters. The van der Waals surface area contributed by atoms with Crippen LogP contribution in [0.1, 0.15) is 91.6 Å². The lowest BCUT2D eigenvalue weighted by atomic mass is 9.82. The smallest absolute Gasteiger partial charge is 0.122 e. The molecule has 0 bridgehead atoms. The topological polar surface area (TPSA) is 80.5 Å². The number of aromatic hydroxyl groups is 2. The molecule has 0 spiro atoms. The minimum atomic E-state index is -0.0671. The van der Waals surface area contributed by atoms with Crippen molar-refractivity contribution in [1.29, 1.82) is 0 Å². The van der Waals surface area contributed by atoms with E-state index >= 15 is 0 Å². The van der Waals surface area contributed by atoms with Crippen molar-refractivity contribution < 1.29 is 10.2 Å². The van der Waals surface area contributed by atoms with Gasteiger partial charge in [0, 0.05) is 32.5 Å². The van der Waals surface area contributed by atoms with Crippen LogP contribution in [0.25, 0.3) is 0 Å². The van der Waals surface area contributed by atoms with Gasteiger partial charge in [0.15, 0.2) is 0 Å². The molecule has 0 saturated carbocycles. The van der Waals surface area contributed by atoms with Gasteiger partial charge in [0.05, 0.1) is 13.1 Å². The molecule has 0 aliphatic carbocycles. The normalized spacial score (nSPS) is 14.9. The van der Waals surface area contributed by atoms with E-state index in [0.717, 1.165) is 79.5 Å².